The van der Waals surface area contributed by atoms with E-state index in [0.717, 1.165) is 12.1 Å². The standard InChI is InChI=1S/C21H23N3O4/c1-2-28-20(26)15-6-8-17(9-7-15)22-21(27)23-11-14-10-16(13-23)18-4-3-5-19(25)24(18)12-14/h3-9,14,16H,2,10-13H2,1H3,(H,22,27)/t14-,16+/m0/s1. The van der Waals surface area contributed by atoms with Crippen molar-refractivity contribution in [2.75, 3.05) is 25.0 Å². The van der Waals surface area contributed by atoms with Crippen LogP contribution in [-0.2, 0) is 11.3 Å². The van der Waals surface area contributed by atoms with Gasteiger partial charge in [0.1, 0.15) is 0 Å². The van der Waals surface area contributed by atoms with Gasteiger partial charge >= 0.3 is 12.0 Å². The van der Waals surface area contributed by atoms with Crippen LogP contribution in [0.5, 0.6) is 0 Å². The molecular formula is C21H23N3O4. The minimum absolute atomic E-state index is 0.0341. The topological polar surface area (TPSA) is 80.6 Å². The molecule has 146 valence electrons. The molecule has 1 fully saturated rings. The summed E-state index contributed by atoms with van der Waals surface area (Å²) in [6, 6.07) is 11.9. The van der Waals surface area contributed by atoms with E-state index >= 15 is 0 Å². The van der Waals surface area contributed by atoms with Crippen LogP contribution >= 0.6 is 0 Å². The van der Waals surface area contributed by atoms with E-state index in [0.29, 0.717) is 37.5 Å². The zero-order chi connectivity index (χ0) is 19.7. The lowest BCUT2D eigenvalue weighted by Gasteiger charge is -2.42. The third-order valence-electron chi connectivity index (χ3n) is 5.41. The Morgan fingerprint density at radius 1 is 1.11 bits per heavy atom. The van der Waals surface area contributed by atoms with Crippen LogP contribution < -0.4 is 10.9 Å². The van der Waals surface area contributed by atoms with E-state index in [1.54, 1.807) is 43.3 Å². The number of carbonyl (C=O) groups excluding carboxylic acids is 2. The van der Waals surface area contributed by atoms with Crippen molar-refractivity contribution in [1.29, 1.82) is 0 Å². The fourth-order valence-corrected chi connectivity index (χ4v) is 4.17. The van der Waals surface area contributed by atoms with E-state index in [4.69, 9.17) is 4.74 Å². The highest BCUT2D eigenvalue weighted by Crippen LogP contribution is 2.35. The van der Waals surface area contributed by atoms with E-state index in [1.165, 1.54) is 0 Å². The van der Waals surface area contributed by atoms with E-state index in [9.17, 15) is 14.4 Å². The van der Waals surface area contributed by atoms with Crippen LogP contribution in [-0.4, -0.2) is 41.2 Å². The smallest absolute Gasteiger partial charge is 0.338 e. The van der Waals surface area contributed by atoms with Gasteiger partial charge in [0.2, 0.25) is 0 Å². The number of aromatic nitrogens is 1. The van der Waals surface area contributed by atoms with Crippen LogP contribution in [0, 0.1) is 5.92 Å². The third-order valence-corrected chi connectivity index (χ3v) is 5.41. The summed E-state index contributed by atoms with van der Waals surface area (Å²) in [6.45, 7) is 3.96. The Balaban J connectivity index is 1.44. The quantitative estimate of drug-likeness (QED) is 0.829. The van der Waals surface area contributed by atoms with E-state index in [-0.39, 0.29) is 29.4 Å². The fourth-order valence-electron chi connectivity index (χ4n) is 4.17. The highest BCUT2D eigenvalue weighted by atomic mass is 16.5. The number of piperidine rings is 1. The van der Waals surface area contributed by atoms with E-state index < -0.39 is 0 Å². The Kier molecular flexibility index (Phi) is 4.90. The van der Waals surface area contributed by atoms with Gasteiger partial charge in [-0.25, -0.2) is 9.59 Å². The Morgan fingerprint density at radius 2 is 1.89 bits per heavy atom. The predicted octanol–water partition coefficient (Wildman–Crippen LogP) is 2.68. The van der Waals surface area contributed by atoms with Crippen molar-refractivity contribution in [3.8, 4) is 0 Å². The number of benzene rings is 1. The lowest BCUT2D eigenvalue weighted by Crippen LogP contribution is -2.50. The molecule has 1 N–H and O–H groups in total. The largest absolute Gasteiger partial charge is 0.462 e. The second-order valence-corrected chi connectivity index (χ2v) is 7.33. The molecule has 1 aromatic heterocycles. The van der Waals surface area contributed by atoms with E-state index in [2.05, 4.69) is 5.32 Å². The molecule has 0 saturated carbocycles. The van der Waals surface area contributed by atoms with Crippen molar-refractivity contribution in [2.24, 2.45) is 5.92 Å². The molecule has 7 heteroatoms. The van der Waals surface area contributed by atoms with E-state index in [1.807, 2.05) is 15.5 Å². The summed E-state index contributed by atoms with van der Waals surface area (Å²) in [5.41, 5.74) is 2.13. The molecule has 2 aromatic rings. The maximum Gasteiger partial charge on any atom is 0.338 e. The molecule has 1 aromatic carbocycles. The van der Waals surface area contributed by atoms with Gasteiger partial charge in [0.05, 0.1) is 12.2 Å². The lowest BCUT2D eigenvalue weighted by molar-refractivity contribution is 0.0526. The molecule has 2 atom stereocenters. The van der Waals surface area contributed by atoms with Crippen LogP contribution in [0.15, 0.2) is 47.3 Å². The highest BCUT2D eigenvalue weighted by Gasteiger charge is 2.36. The molecule has 0 unspecified atom stereocenters. The summed E-state index contributed by atoms with van der Waals surface area (Å²) >= 11 is 0. The highest BCUT2D eigenvalue weighted by molar-refractivity contribution is 5.92. The normalized spacial score (nSPS) is 20.2. The first-order valence-electron chi connectivity index (χ1n) is 9.58. The molecule has 0 radical (unpaired) electrons. The van der Waals surface area contributed by atoms with Crippen molar-refractivity contribution in [3.63, 3.8) is 0 Å². The average Bonchev–Trinajstić information content (AvgIpc) is 2.69. The monoisotopic (exact) mass is 381 g/mol. The van der Waals surface area contributed by atoms with Crippen molar-refractivity contribution >= 4 is 17.7 Å². The van der Waals surface area contributed by atoms with Gasteiger partial charge in [0.25, 0.3) is 5.56 Å². The molecule has 3 heterocycles. The molecule has 1 saturated heterocycles. The Hall–Kier alpha value is -3.09. The number of nitrogens with zero attached hydrogens (tertiary/aromatic N) is 2. The molecule has 28 heavy (non-hydrogen) atoms. The molecule has 2 aliphatic heterocycles. The fraction of sp³-hybridized carbons (Fsp3) is 0.381. The zero-order valence-electron chi connectivity index (χ0n) is 15.8. The summed E-state index contributed by atoms with van der Waals surface area (Å²) in [5.74, 6) is 0.0831. The lowest BCUT2D eigenvalue weighted by atomic mass is 9.83. The summed E-state index contributed by atoms with van der Waals surface area (Å²) < 4.78 is 6.81. The van der Waals surface area contributed by atoms with Gasteiger partial charge in [-0.05, 0) is 49.6 Å². The number of hydrogen-bond donors (Lipinski definition) is 1. The summed E-state index contributed by atoms with van der Waals surface area (Å²) in [6.07, 6.45) is 1.00. The van der Waals surface area contributed by atoms with Crippen molar-refractivity contribution in [2.45, 2.75) is 25.8 Å². The number of fused-ring (bicyclic) bond motifs is 4. The SMILES string of the molecule is CCOC(=O)c1ccc(NC(=O)N2C[C@@H]3C[C@H](C2)c2cccc(=O)n2C3)cc1. The first-order valence-corrected chi connectivity index (χ1v) is 9.58. The molecule has 0 aliphatic carbocycles. The number of amides is 2. The summed E-state index contributed by atoms with van der Waals surface area (Å²) in [4.78, 5) is 38.4. The maximum atomic E-state index is 12.8. The zero-order valence-corrected chi connectivity index (χ0v) is 15.8. The van der Waals surface area contributed by atoms with Crippen LogP contribution in [0.4, 0.5) is 10.5 Å². The van der Waals surface area contributed by atoms with Crippen LogP contribution in [0.25, 0.3) is 0 Å². The van der Waals surface area contributed by atoms with Gasteiger partial charge in [-0.15, -0.1) is 0 Å². The number of likely N-dealkylation sites (tertiary alicyclic amines) is 1. The summed E-state index contributed by atoms with van der Waals surface area (Å²) in [5, 5.41) is 2.90. The Bertz CT molecular complexity index is 951. The Morgan fingerprint density at radius 3 is 2.64 bits per heavy atom. The molecule has 0 spiro atoms. The first kappa shape index (κ1) is 18.3. The van der Waals surface area contributed by atoms with Crippen LogP contribution in [0.1, 0.15) is 35.3 Å². The number of nitrogens with one attached hydrogen (secondary N) is 1. The van der Waals surface area contributed by atoms with Gasteiger partial charge in [-0.2, -0.15) is 0 Å². The molecular weight excluding hydrogens is 358 g/mol. The Labute approximate surface area is 162 Å². The molecule has 2 aliphatic rings. The summed E-state index contributed by atoms with van der Waals surface area (Å²) in [7, 11) is 0. The number of pyridine rings is 1. The first-order chi connectivity index (χ1) is 13.5. The van der Waals surface area contributed by atoms with Crippen molar-refractivity contribution in [3.05, 3.63) is 64.1 Å². The molecule has 2 bridgehead atoms. The minimum Gasteiger partial charge on any atom is -0.462 e. The molecule has 2 amide bonds. The third kappa shape index (κ3) is 3.52. The molecule has 4 rings (SSSR count). The number of urea groups is 1. The van der Waals surface area contributed by atoms with Crippen molar-refractivity contribution < 1.29 is 14.3 Å². The number of ether oxygens (including phenoxy) is 1. The van der Waals surface area contributed by atoms with Gasteiger partial charge in [-0.1, -0.05) is 6.07 Å². The number of rotatable bonds is 3. The maximum absolute atomic E-state index is 12.8. The predicted molar refractivity (Wildman–Crippen MR) is 105 cm³/mol. The number of hydrogen-bond acceptors (Lipinski definition) is 4. The minimum atomic E-state index is -0.377. The van der Waals surface area contributed by atoms with Crippen LogP contribution in [0.3, 0.4) is 0 Å². The van der Waals surface area contributed by atoms with Gasteiger partial charge < -0.3 is 19.5 Å². The second kappa shape index (κ2) is 7.50. The average molecular weight is 381 g/mol. The van der Waals surface area contributed by atoms with Gasteiger partial charge in [-0.3, -0.25) is 4.79 Å². The van der Waals surface area contributed by atoms with Crippen molar-refractivity contribution in [1.82, 2.24) is 9.47 Å². The second-order valence-electron chi connectivity index (χ2n) is 7.33. The van der Waals surface area contributed by atoms with Gasteiger partial charge in [0, 0.05) is 43.0 Å². The van der Waals surface area contributed by atoms with Crippen LogP contribution in [0.2, 0.25) is 0 Å². The number of anilines is 1. The number of carbonyl (C=O) groups is 2. The van der Waals surface area contributed by atoms with Gasteiger partial charge in [0.15, 0.2) is 0 Å². The number of esters is 1. The molecule has 7 nitrogen and oxygen atoms in total.